The van der Waals surface area contributed by atoms with Gasteiger partial charge in [-0.25, -0.2) is 0 Å². The quantitative estimate of drug-likeness (QED) is 0.240. The van der Waals surface area contributed by atoms with Gasteiger partial charge in [-0.15, -0.1) is 0 Å². The number of rotatable bonds is 8. The first-order valence-electron chi connectivity index (χ1n) is 11.5. The maximum absolute atomic E-state index is 12.9. The van der Waals surface area contributed by atoms with Gasteiger partial charge < -0.3 is 14.4 Å². The van der Waals surface area contributed by atoms with Crippen molar-refractivity contribution >= 4 is 56.5 Å². The highest BCUT2D eigenvalue weighted by atomic mass is 79.9. The Morgan fingerprint density at radius 1 is 1.16 bits per heavy atom. The molecule has 12 heteroatoms. The Kier molecular flexibility index (Phi) is 8.49. The molecule has 0 radical (unpaired) electrons. The zero-order chi connectivity index (χ0) is 26.5. The molecule has 0 aromatic heterocycles. The zero-order valence-corrected chi connectivity index (χ0v) is 22.4. The molecule has 194 valence electrons. The Labute approximate surface area is 225 Å². The molecule has 0 N–H and O–H groups in total. The van der Waals surface area contributed by atoms with Crippen LogP contribution in [0.1, 0.15) is 30.4 Å². The second-order valence-corrected chi connectivity index (χ2v) is 10.3. The van der Waals surface area contributed by atoms with Crippen molar-refractivity contribution in [3.05, 3.63) is 67.0 Å². The van der Waals surface area contributed by atoms with Crippen LogP contribution >= 0.6 is 27.7 Å². The van der Waals surface area contributed by atoms with Crippen LogP contribution < -0.4 is 9.47 Å². The van der Waals surface area contributed by atoms with E-state index < -0.39 is 16.1 Å². The third-order valence-corrected chi connectivity index (χ3v) is 7.56. The molecule has 2 aliphatic rings. The molecule has 2 fully saturated rings. The molecular formula is C25H24BrN3O7S. The number of thioether (sulfide) groups is 1. The van der Waals surface area contributed by atoms with Crippen molar-refractivity contribution in [1.82, 2.24) is 9.80 Å². The van der Waals surface area contributed by atoms with Gasteiger partial charge in [-0.05, 0) is 60.4 Å². The fraction of sp³-hybridized carbons (Fsp3) is 0.320. The van der Waals surface area contributed by atoms with Crippen molar-refractivity contribution in [3.8, 4) is 11.5 Å². The Balaban J connectivity index is 1.48. The number of amides is 3. The lowest BCUT2D eigenvalue weighted by Gasteiger charge is -2.27. The summed E-state index contributed by atoms with van der Waals surface area (Å²) in [5, 5.41) is 10.5. The molecule has 2 saturated heterocycles. The topological polar surface area (TPSA) is 119 Å². The van der Waals surface area contributed by atoms with Crippen LogP contribution in [-0.4, -0.2) is 58.5 Å². The SMILES string of the molecule is COc1cc(/C=C2\SC(=O)N(CC(=O)N3CCCCC3)C2=O)c(Br)cc1OCc1cccc([N+](=O)[O-])c1. The van der Waals surface area contributed by atoms with Gasteiger partial charge in [0.1, 0.15) is 13.2 Å². The monoisotopic (exact) mass is 589 g/mol. The molecule has 0 spiro atoms. The van der Waals surface area contributed by atoms with Gasteiger partial charge in [0.2, 0.25) is 5.91 Å². The van der Waals surface area contributed by atoms with Crippen molar-refractivity contribution in [2.45, 2.75) is 25.9 Å². The molecule has 10 nitrogen and oxygen atoms in total. The van der Waals surface area contributed by atoms with Crippen molar-refractivity contribution in [2.24, 2.45) is 0 Å². The molecule has 4 rings (SSSR count). The number of hydrogen-bond donors (Lipinski definition) is 0. The molecule has 2 heterocycles. The number of likely N-dealkylation sites (tertiary alicyclic amines) is 1. The number of nitro benzene ring substituents is 1. The number of carbonyl (C=O) groups excluding carboxylic acids is 3. The molecular weight excluding hydrogens is 566 g/mol. The number of ether oxygens (including phenoxy) is 2. The molecule has 2 aromatic rings. The molecule has 2 aliphatic heterocycles. The Morgan fingerprint density at radius 2 is 1.92 bits per heavy atom. The molecule has 37 heavy (non-hydrogen) atoms. The first-order chi connectivity index (χ1) is 17.8. The van der Waals surface area contributed by atoms with Crippen LogP contribution in [0.4, 0.5) is 10.5 Å². The molecule has 0 unspecified atom stereocenters. The normalized spacial score (nSPS) is 16.9. The van der Waals surface area contributed by atoms with Crippen LogP contribution in [0.25, 0.3) is 6.08 Å². The summed E-state index contributed by atoms with van der Waals surface area (Å²) in [6.45, 7) is 1.10. The first-order valence-corrected chi connectivity index (χ1v) is 13.1. The Bertz CT molecular complexity index is 1280. The highest BCUT2D eigenvalue weighted by Crippen LogP contribution is 2.38. The van der Waals surface area contributed by atoms with Gasteiger partial charge in [0.25, 0.3) is 16.8 Å². The standard InChI is InChI=1S/C25H24BrN3O7S/c1-35-20-11-17(19(26)13-21(20)36-15-16-6-5-7-18(10-16)29(33)34)12-22-24(31)28(25(32)37-22)14-23(30)27-8-3-2-4-9-27/h5-7,10-13H,2-4,8-9,14-15H2,1H3/b22-12-. The summed E-state index contributed by atoms with van der Waals surface area (Å²) in [5.41, 5.74) is 1.16. The summed E-state index contributed by atoms with van der Waals surface area (Å²) < 4.78 is 11.9. The third kappa shape index (κ3) is 6.31. The number of piperidine rings is 1. The number of non-ortho nitro benzene ring substituents is 1. The fourth-order valence-corrected chi connectivity index (χ4v) is 5.28. The summed E-state index contributed by atoms with van der Waals surface area (Å²) in [7, 11) is 1.47. The maximum atomic E-state index is 12.9. The van der Waals surface area contributed by atoms with Gasteiger partial charge in [0.05, 0.1) is 16.9 Å². The minimum Gasteiger partial charge on any atom is -0.493 e. The van der Waals surface area contributed by atoms with Crippen LogP contribution in [0.3, 0.4) is 0 Å². The largest absolute Gasteiger partial charge is 0.493 e. The predicted molar refractivity (Wildman–Crippen MR) is 141 cm³/mol. The van der Waals surface area contributed by atoms with E-state index in [4.69, 9.17) is 9.47 Å². The number of imide groups is 1. The third-order valence-electron chi connectivity index (χ3n) is 5.96. The lowest BCUT2D eigenvalue weighted by Crippen LogP contribution is -2.44. The van der Waals surface area contributed by atoms with E-state index in [2.05, 4.69) is 15.9 Å². The Hall–Kier alpha value is -3.38. The van der Waals surface area contributed by atoms with E-state index in [1.165, 1.54) is 19.2 Å². The van der Waals surface area contributed by atoms with E-state index in [1.807, 2.05) is 0 Å². The number of nitro groups is 1. The van der Waals surface area contributed by atoms with Gasteiger partial charge in [-0.1, -0.05) is 28.1 Å². The van der Waals surface area contributed by atoms with Crippen molar-refractivity contribution in [2.75, 3.05) is 26.7 Å². The van der Waals surface area contributed by atoms with Crippen LogP contribution in [0, 0.1) is 10.1 Å². The van der Waals surface area contributed by atoms with E-state index in [9.17, 15) is 24.5 Å². The fourth-order valence-electron chi connectivity index (χ4n) is 4.01. The van der Waals surface area contributed by atoms with E-state index in [0.29, 0.717) is 40.2 Å². The van der Waals surface area contributed by atoms with Crippen molar-refractivity contribution in [1.29, 1.82) is 0 Å². The van der Waals surface area contributed by atoms with Crippen molar-refractivity contribution in [3.63, 3.8) is 0 Å². The number of nitrogens with zero attached hydrogens (tertiary/aromatic N) is 3. The van der Waals surface area contributed by atoms with Crippen LogP contribution in [0.5, 0.6) is 11.5 Å². The molecule has 0 aliphatic carbocycles. The summed E-state index contributed by atoms with van der Waals surface area (Å²) >= 11 is 4.25. The minimum absolute atomic E-state index is 0.0313. The molecule has 3 amide bonds. The Morgan fingerprint density at radius 3 is 2.62 bits per heavy atom. The van der Waals surface area contributed by atoms with Gasteiger partial charge in [0.15, 0.2) is 11.5 Å². The van der Waals surface area contributed by atoms with E-state index in [-0.39, 0.29) is 29.7 Å². The predicted octanol–water partition coefficient (Wildman–Crippen LogP) is 4.99. The summed E-state index contributed by atoms with van der Waals surface area (Å²) in [6.07, 6.45) is 4.49. The van der Waals surface area contributed by atoms with E-state index in [1.54, 1.807) is 35.2 Å². The van der Waals surface area contributed by atoms with Gasteiger partial charge in [0, 0.05) is 29.7 Å². The average Bonchev–Trinajstić information content (AvgIpc) is 3.16. The lowest BCUT2D eigenvalue weighted by atomic mass is 10.1. The van der Waals surface area contributed by atoms with E-state index in [0.717, 1.165) is 35.9 Å². The zero-order valence-electron chi connectivity index (χ0n) is 20.0. The van der Waals surface area contributed by atoms with Gasteiger partial charge in [-0.2, -0.15) is 0 Å². The van der Waals surface area contributed by atoms with Crippen LogP contribution in [0.2, 0.25) is 0 Å². The smallest absolute Gasteiger partial charge is 0.294 e. The minimum atomic E-state index is -0.516. The summed E-state index contributed by atoms with van der Waals surface area (Å²) in [4.78, 5) is 51.4. The van der Waals surface area contributed by atoms with Crippen molar-refractivity contribution < 1.29 is 28.8 Å². The lowest BCUT2D eigenvalue weighted by molar-refractivity contribution is -0.384. The summed E-state index contributed by atoms with van der Waals surface area (Å²) in [6, 6.07) is 9.45. The maximum Gasteiger partial charge on any atom is 0.294 e. The van der Waals surface area contributed by atoms with Gasteiger partial charge in [-0.3, -0.25) is 29.4 Å². The number of methoxy groups -OCH3 is 1. The molecule has 0 saturated carbocycles. The van der Waals surface area contributed by atoms with Crippen LogP contribution in [0.15, 0.2) is 45.8 Å². The molecule has 2 aromatic carbocycles. The second kappa shape index (κ2) is 11.8. The van der Waals surface area contributed by atoms with Gasteiger partial charge >= 0.3 is 0 Å². The first kappa shape index (κ1) is 26.7. The number of hydrogen-bond acceptors (Lipinski definition) is 8. The molecule has 0 bridgehead atoms. The van der Waals surface area contributed by atoms with Crippen LogP contribution in [-0.2, 0) is 16.2 Å². The second-order valence-electron chi connectivity index (χ2n) is 8.45. The average molecular weight is 590 g/mol. The van der Waals surface area contributed by atoms with E-state index >= 15 is 0 Å². The number of benzene rings is 2. The number of halogens is 1. The highest BCUT2D eigenvalue weighted by molar-refractivity contribution is 9.10. The highest BCUT2D eigenvalue weighted by Gasteiger charge is 2.37. The molecule has 0 atom stereocenters. The number of carbonyl (C=O) groups is 3. The summed E-state index contributed by atoms with van der Waals surface area (Å²) in [5.74, 6) is 0.0197.